The van der Waals surface area contributed by atoms with Crippen molar-refractivity contribution in [3.05, 3.63) is 63.7 Å². The third kappa shape index (κ3) is 3.93. The van der Waals surface area contributed by atoms with E-state index in [9.17, 15) is 14.9 Å². The van der Waals surface area contributed by atoms with Crippen LogP contribution in [0.5, 0.6) is 11.5 Å². The van der Waals surface area contributed by atoms with Gasteiger partial charge in [0.2, 0.25) is 5.75 Å². The van der Waals surface area contributed by atoms with Gasteiger partial charge in [0, 0.05) is 12.1 Å². The maximum atomic E-state index is 12.2. The van der Waals surface area contributed by atoms with Gasteiger partial charge in [0.1, 0.15) is 5.75 Å². The third-order valence-corrected chi connectivity index (χ3v) is 4.42. The van der Waals surface area contributed by atoms with Crippen LogP contribution in [0.4, 0.5) is 5.69 Å². The predicted octanol–water partition coefficient (Wildman–Crippen LogP) is 3.18. The summed E-state index contributed by atoms with van der Waals surface area (Å²) in [6.07, 6.45) is 2.96. The fraction of sp³-hybridized carbons (Fsp3) is 0.316. The van der Waals surface area contributed by atoms with Crippen LogP contribution in [-0.2, 0) is 11.2 Å². The van der Waals surface area contributed by atoms with Crippen LogP contribution in [0.2, 0.25) is 0 Å². The molecule has 0 saturated carbocycles. The molecule has 0 heterocycles. The molecule has 3 rings (SSSR count). The first kappa shape index (κ1) is 17.7. The standard InChI is InChI=1S/C19H20N2O5/c1-25-18-11-14(9-10-17(18)21(23)24)26-12-19(22)20-16-8-4-6-13-5-2-3-7-15(13)16/h2-3,5,7,9-11,16H,4,6,8,12H2,1H3,(H,20,22)/t16-/m1/s1. The summed E-state index contributed by atoms with van der Waals surface area (Å²) in [5.41, 5.74) is 2.28. The number of nitro groups is 1. The highest BCUT2D eigenvalue weighted by atomic mass is 16.6. The number of hydrogen-bond acceptors (Lipinski definition) is 5. The lowest BCUT2D eigenvalue weighted by molar-refractivity contribution is -0.385. The van der Waals surface area contributed by atoms with Crippen molar-refractivity contribution in [3.8, 4) is 11.5 Å². The van der Waals surface area contributed by atoms with Crippen molar-refractivity contribution >= 4 is 11.6 Å². The molecular weight excluding hydrogens is 336 g/mol. The van der Waals surface area contributed by atoms with Crippen molar-refractivity contribution in [1.82, 2.24) is 5.32 Å². The highest BCUT2D eigenvalue weighted by Crippen LogP contribution is 2.31. The zero-order valence-electron chi connectivity index (χ0n) is 14.4. The van der Waals surface area contributed by atoms with E-state index in [4.69, 9.17) is 9.47 Å². The Labute approximate surface area is 151 Å². The zero-order chi connectivity index (χ0) is 18.5. The molecule has 2 aromatic rings. The molecule has 0 saturated heterocycles. The maximum Gasteiger partial charge on any atom is 0.311 e. The topological polar surface area (TPSA) is 90.7 Å². The van der Waals surface area contributed by atoms with Crippen molar-refractivity contribution in [2.45, 2.75) is 25.3 Å². The Hall–Kier alpha value is -3.09. The van der Waals surface area contributed by atoms with E-state index < -0.39 is 4.92 Å². The molecule has 0 spiro atoms. The Morgan fingerprint density at radius 3 is 2.88 bits per heavy atom. The third-order valence-electron chi connectivity index (χ3n) is 4.42. The Kier molecular flexibility index (Phi) is 5.36. The number of carbonyl (C=O) groups is 1. The smallest absolute Gasteiger partial charge is 0.311 e. The molecule has 7 nitrogen and oxygen atoms in total. The van der Waals surface area contributed by atoms with Gasteiger partial charge in [0.15, 0.2) is 6.61 Å². The zero-order valence-corrected chi connectivity index (χ0v) is 14.4. The largest absolute Gasteiger partial charge is 0.490 e. The van der Waals surface area contributed by atoms with Gasteiger partial charge in [-0.1, -0.05) is 24.3 Å². The molecule has 1 atom stereocenters. The van der Waals surface area contributed by atoms with Gasteiger partial charge >= 0.3 is 5.69 Å². The molecule has 0 unspecified atom stereocenters. The van der Waals surface area contributed by atoms with Crippen molar-refractivity contribution in [1.29, 1.82) is 0 Å². The van der Waals surface area contributed by atoms with E-state index in [1.54, 1.807) is 0 Å². The Morgan fingerprint density at radius 2 is 2.12 bits per heavy atom. The van der Waals surface area contributed by atoms with Crippen molar-refractivity contribution < 1.29 is 19.2 Å². The van der Waals surface area contributed by atoms with Gasteiger partial charge in [-0.05, 0) is 36.5 Å². The number of rotatable bonds is 6. The van der Waals surface area contributed by atoms with Crippen molar-refractivity contribution in [2.75, 3.05) is 13.7 Å². The monoisotopic (exact) mass is 356 g/mol. The summed E-state index contributed by atoms with van der Waals surface area (Å²) in [6.45, 7) is -0.167. The SMILES string of the molecule is COc1cc(OCC(=O)N[C@@H]2CCCc3ccccc32)ccc1[N+](=O)[O-]. The minimum atomic E-state index is -0.532. The first-order chi connectivity index (χ1) is 12.6. The Bertz CT molecular complexity index is 821. The molecule has 0 aromatic heterocycles. The number of nitro benzene ring substituents is 1. The summed E-state index contributed by atoms with van der Waals surface area (Å²) < 4.78 is 10.5. The lowest BCUT2D eigenvalue weighted by Gasteiger charge is -2.26. The molecule has 0 bridgehead atoms. The molecule has 0 radical (unpaired) electrons. The van der Waals surface area contributed by atoms with E-state index in [2.05, 4.69) is 11.4 Å². The fourth-order valence-corrected chi connectivity index (χ4v) is 3.19. The quantitative estimate of drug-likeness (QED) is 0.634. The number of amides is 1. The number of carbonyl (C=O) groups excluding carboxylic acids is 1. The second kappa shape index (κ2) is 7.86. The number of nitrogens with zero attached hydrogens (tertiary/aromatic N) is 1. The van der Waals surface area contributed by atoms with E-state index in [0.717, 1.165) is 24.8 Å². The number of nitrogens with one attached hydrogen (secondary N) is 1. The number of hydrogen-bond donors (Lipinski definition) is 1. The summed E-state index contributed by atoms with van der Waals surface area (Å²) in [6, 6.07) is 12.3. The molecule has 0 aliphatic heterocycles. The van der Waals surface area contributed by atoms with Gasteiger partial charge in [-0.2, -0.15) is 0 Å². The average Bonchev–Trinajstić information content (AvgIpc) is 2.66. The lowest BCUT2D eigenvalue weighted by Crippen LogP contribution is -2.34. The second-order valence-electron chi connectivity index (χ2n) is 6.09. The van der Waals surface area contributed by atoms with Crippen LogP contribution in [0.1, 0.15) is 30.0 Å². The van der Waals surface area contributed by atoms with Crippen LogP contribution in [0.15, 0.2) is 42.5 Å². The van der Waals surface area contributed by atoms with E-state index in [-0.39, 0.29) is 30.0 Å². The number of ether oxygens (including phenoxy) is 2. The Balaban J connectivity index is 1.61. The first-order valence-electron chi connectivity index (χ1n) is 8.41. The number of methoxy groups -OCH3 is 1. The molecule has 1 aliphatic rings. The molecule has 136 valence electrons. The molecule has 0 fully saturated rings. The van der Waals surface area contributed by atoms with Crippen LogP contribution in [0, 0.1) is 10.1 Å². The summed E-state index contributed by atoms with van der Waals surface area (Å²) in [5, 5.41) is 13.9. The number of aryl methyl sites for hydroxylation is 1. The summed E-state index contributed by atoms with van der Waals surface area (Å²) in [7, 11) is 1.35. The molecule has 2 aromatic carbocycles. The molecule has 7 heteroatoms. The van der Waals surface area contributed by atoms with Crippen LogP contribution in [-0.4, -0.2) is 24.5 Å². The number of benzene rings is 2. The number of fused-ring (bicyclic) bond motifs is 1. The maximum absolute atomic E-state index is 12.2. The van der Waals surface area contributed by atoms with Gasteiger partial charge in [0.25, 0.3) is 5.91 Å². The van der Waals surface area contributed by atoms with Gasteiger partial charge < -0.3 is 14.8 Å². The highest BCUT2D eigenvalue weighted by molar-refractivity contribution is 5.78. The highest BCUT2D eigenvalue weighted by Gasteiger charge is 2.21. The minimum Gasteiger partial charge on any atom is -0.490 e. The fourth-order valence-electron chi connectivity index (χ4n) is 3.19. The molecule has 1 amide bonds. The van der Waals surface area contributed by atoms with E-state index in [1.165, 1.54) is 30.9 Å². The summed E-state index contributed by atoms with van der Waals surface area (Å²) in [5.74, 6) is 0.199. The molecule has 1 N–H and O–H groups in total. The van der Waals surface area contributed by atoms with Gasteiger partial charge in [-0.15, -0.1) is 0 Å². The predicted molar refractivity (Wildman–Crippen MR) is 95.4 cm³/mol. The summed E-state index contributed by atoms with van der Waals surface area (Å²) >= 11 is 0. The Morgan fingerprint density at radius 1 is 1.31 bits per heavy atom. The van der Waals surface area contributed by atoms with Crippen LogP contribution in [0.25, 0.3) is 0 Å². The van der Waals surface area contributed by atoms with Crippen LogP contribution >= 0.6 is 0 Å². The van der Waals surface area contributed by atoms with E-state index in [1.807, 2.05) is 18.2 Å². The second-order valence-corrected chi connectivity index (χ2v) is 6.09. The van der Waals surface area contributed by atoms with Crippen molar-refractivity contribution in [2.24, 2.45) is 0 Å². The first-order valence-corrected chi connectivity index (χ1v) is 8.41. The van der Waals surface area contributed by atoms with E-state index in [0.29, 0.717) is 5.75 Å². The molecular formula is C19H20N2O5. The summed E-state index contributed by atoms with van der Waals surface area (Å²) in [4.78, 5) is 22.6. The normalized spacial score (nSPS) is 15.7. The van der Waals surface area contributed by atoms with Gasteiger partial charge in [0.05, 0.1) is 18.1 Å². The molecule has 26 heavy (non-hydrogen) atoms. The van der Waals surface area contributed by atoms with E-state index >= 15 is 0 Å². The van der Waals surface area contributed by atoms with Crippen molar-refractivity contribution in [3.63, 3.8) is 0 Å². The van der Waals surface area contributed by atoms with Crippen LogP contribution < -0.4 is 14.8 Å². The molecule has 1 aliphatic carbocycles. The minimum absolute atomic E-state index is 0.0116. The van der Waals surface area contributed by atoms with Gasteiger partial charge in [-0.3, -0.25) is 14.9 Å². The lowest BCUT2D eigenvalue weighted by atomic mass is 9.88. The average molecular weight is 356 g/mol. The van der Waals surface area contributed by atoms with Crippen LogP contribution in [0.3, 0.4) is 0 Å². The van der Waals surface area contributed by atoms with Gasteiger partial charge in [-0.25, -0.2) is 0 Å².